The highest BCUT2D eigenvalue weighted by atomic mass is 32.1. The van der Waals surface area contributed by atoms with Crippen LogP contribution in [0, 0.1) is 0 Å². The van der Waals surface area contributed by atoms with Gasteiger partial charge in [-0.1, -0.05) is 12.1 Å². The zero-order chi connectivity index (χ0) is 13.0. The van der Waals surface area contributed by atoms with Crippen LogP contribution < -0.4 is 16.2 Å². The van der Waals surface area contributed by atoms with Gasteiger partial charge in [0.15, 0.2) is 0 Å². The molecule has 2 aromatic heterocycles. The molecule has 18 heavy (non-hydrogen) atoms. The van der Waals surface area contributed by atoms with Gasteiger partial charge in [0.25, 0.3) is 0 Å². The number of nitrogens with two attached hydrogens (primary N) is 1. The molecule has 0 aliphatic rings. The number of hydrazine groups is 1. The Morgan fingerprint density at radius 2 is 2.22 bits per heavy atom. The summed E-state index contributed by atoms with van der Waals surface area (Å²) >= 11 is 1.79. The number of thiophene rings is 1. The Kier molecular flexibility index (Phi) is 4.17. The van der Waals surface area contributed by atoms with E-state index in [0.29, 0.717) is 11.9 Å². The molecular weight excluding hydrogens is 244 g/mol. The van der Waals surface area contributed by atoms with Crippen molar-refractivity contribution in [3.63, 3.8) is 0 Å². The van der Waals surface area contributed by atoms with Crippen LogP contribution in [0.1, 0.15) is 11.8 Å². The van der Waals surface area contributed by atoms with Crippen molar-refractivity contribution < 1.29 is 0 Å². The van der Waals surface area contributed by atoms with Crippen molar-refractivity contribution in [2.75, 3.05) is 17.4 Å². The molecule has 2 rings (SSSR count). The number of nitrogens with one attached hydrogen (secondary N) is 1. The molecule has 0 aromatic carbocycles. The van der Waals surface area contributed by atoms with Gasteiger partial charge in [0.05, 0.1) is 0 Å². The fourth-order valence-electron chi connectivity index (χ4n) is 1.78. The van der Waals surface area contributed by atoms with Crippen LogP contribution in [0.25, 0.3) is 0 Å². The summed E-state index contributed by atoms with van der Waals surface area (Å²) in [6, 6.07) is 10.4. The average Bonchev–Trinajstić information content (AvgIpc) is 2.90. The number of nitrogens with zero attached hydrogens (tertiary/aromatic N) is 2. The maximum Gasteiger partial charge on any atom is 0.142 e. The molecular formula is C13H18N4S. The molecule has 2 aromatic rings. The van der Waals surface area contributed by atoms with E-state index in [0.717, 1.165) is 12.2 Å². The highest BCUT2D eigenvalue weighted by Gasteiger charge is 2.12. The lowest BCUT2D eigenvalue weighted by molar-refractivity contribution is 0.680. The average molecular weight is 262 g/mol. The van der Waals surface area contributed by atoms with Gasteiger partial charge in [0.1, 0.15) is 11.6 Å². The highest BCUT2D eigenvalue weighted by molar-refractivity contribution is 7.09. The Balaban J connectivity index is 2.07. The molecule has 0 fully saturated rings. The summed E-state index contributed by atoms with van der Waals surface area (Å²) < 4.78 is 0. The molecule has 5 heteroatoms. The monoisotopic (exact) mass is 262 g/mol. The number of likely N-dealkylation sites (N-methyl/N-ethyl adjacent to an activating group) is 1. The minimum Gasteiger partial charge on any atom is -0.357 e. The van der Waals surface area contributed by atoms with Crippen LogP contribution >= 0.6 is 11.3 Å². The molecule has 1 unspecified atom stereocenters. The van der Waals surface area contributed by atoms with E-state index in [-0.39, 0.29) is 0 Å². The van der Waals surface area contributed by atoms with E-state index >= 15 is 0 Å². The van der Waals surface area contributed by atoms with Crippen molar-refractivity contribution in [1.29, 1.82) is 0 Å². The van der Waals surface area contributed by atoms with Gasteiger partial charge in [-0.15, -0.1) is 11.3 Å². The minimum atomic E-state index is 0.393. The normalized spacial score (nSPS) is 12.2. The summed E-state index contributed by atoms with van der Waals surface area (Å²) in [5.41, 5.74) is 2.57. The minimum absolute atomic E-state index is 0.393. The first-order valence-electron chi connectivity index (χ1n) is 5.89. The second-order valence-corrected chi connectivity index (χ2v) is 5.30. The Bertz CT molecular complexity index is 483. The number of anilines is 2. The van der Waals surface area contributed by atoms with Gasteiger partial charge in [-0.05, 0) is 30.5 Å². The van der Waals surface area contributed by atoms with E-state index in [9.17, 15) is 0 Å². The number of aromatic nitrogens is 1. The SMILES string of the molecule is CC(Cc1cccs1)N(C)c1cccc(NN)n1. The van der Waals surface area contributed by atoms with E-state index in [1.165, 1.54) is 4.88 Å². The number of hydrogen-bond acceptors (Lipinski definition) is 5. The van der Waals surface area contributed by atoms with Crippen LogP contribution in [0.3, 0.4) is 0 Å². The summed E-state index contributed by atoms with van der Waals surface area (Å²) in [5, 5.41) is 2.11. The predicted octanol–water partition coefficient (Wildman–Crippen LogP) is 2.50. The third kappa shape index (κ3) is 3.00. The van der Waals surface area contributed by atoms with Gasteiger partial charge >= 0.3 is 0 Å². The van der Waals surface area contributed by atoms with Crippen LogP contribution in [-0.4, -0.2) is 18.1 Å². The van der Waals surface area contributed by atoms with Crippen molar-refractivity contribution in [3.05, 3.63) is 40.6 Å². The number of pyridine rings is 1. The third-order valence-electron chi connectivity index (χ3n) is 2.98. The Labute approximate surface area is 111 Å². The molecule has 1 atom stereocenters. The Morgan fingerprint density at radius 3 is 2.89 bits per heavy atom. The summed E-state index contributed by atoms with van der Waals surface area (Å²) in [5.74, 6) is 6.98. The zero-order valence-electron chi connectivity index (χ0n) is 10.6. The van der Waals surface area contributed by atoms with E-state index in [1.54, 1.807) is 11.3 Å². The van der Waals surface area contributed by atoms with Crippen molar-refractivity contribution >= 4 is 23.0 Å². The molecule has 0 aliphatic carbocycles. The van der Waals surface area contributed by atoms with Gasteiger partial charge in [-0.25, -0.2) is 10.8 Å². The van der Waals surface area contributed by atoms with Gasteiger partial charge in [-0.3, -0.25) is 0 Å². The van der Waals surface area contributed by atoms with Gasteiger partial charge in [0, 0.05) is 24.4 Å². The zero-order valence-corrected chi connectivity index (χ0v) is 11.4. The summed E-state index contributed by atoms with van der Waals surface area (Å²) in [4.78, 5) is 7.99. The molecule has 0 saturated heterocycles. The van der Waals surface area contributed by atoms with Crippen molar-refractivity contribution in [2.24, 2.45) is 5.84 Å². The Morgan fingerprint density at radius 1 is 1.39 bits per heavy atom. The number of rotatable bonds is 5. The number of nitrogen functional groups attached to an aromatic ring is 1. The third-order valence-corrected chi connectivity index (χ3v) is 3.88. The van der Waals surface area contributed by atoms with E-state index < -0.39 is 0 Å². The first-order valence-corrected chi connectivity index (χ1v) is 6.77. The summed E-state index contributed by atoms with van der Waals surface area (Å²) in [6.07, 6.45) is 1.02. The van der Waals surface area contributed by atoms with Crippen LogP contribution in [-0.2, 0) is 6.42 Å². The first-order chi connectivity index (χ1) is 8.70. The molecule has 96 valence electrons. The maximum absolute atomic E-state index is 5.38. The van der Waals surface area contributed by atoms with Crippen molar-refractivity contribution in [3.8, 4) is 0 Å². The van der Waals surface area contributed by atoms with E-state index in [4.69, 9.17) is 5.84 Å². The molecule has 0 radical (unpaired) electrons. The van der Waals surface area contributed by atoms with Gasteiger partial charge in [-0.2, -0.15) is 0 Å². The second kappa shape index (κ2) is 5.84. The second-order valence-electron chi connectivity index (χ2n) is 4.27. The van der Waals surface area contributed by atoms with Crippen molar-refractivity contribution in [2.45, 2.75) is 19.4 Å². The van der Waals surface area contributed by atoms with Gasteiger partial charge in [0.2, 0.25) is 0 Å². The van der Waals surface area contributed by atoms with Gasteiger partial charge < -0.3 is 10.3 Å². The lowest BCUT2D eigenvalue weighted by atomic mass is 10.2. The van der Waals surface area contributed by atoms with E-state index in [1.807, 2.05) is 18.2 Å². The first kappa shape index (κ1) is 12.9. The standard InChI is InChI=1S/C13H18N4S/c1-10(9-11-5-4-8-18-11)17(2)13-7-3-6-12(15-13)16-14/h3-8,10H,9,14H2,1-2H3,(H,15,16). The van der Waals surface area contributed by atoms with Crippen LogP contribution in [0.2, 0.25) is 0 Å². The number of hydrogen-bond donors (Lipinski definition) is 2. The van der Waals surface area contributed by atoms with E-state index in [2.05, 4.69) is 46.8 Å². The summed E-state index contributed by atoms with van der Waals surface area (Å²) in [6.45, 7) is 2.20. The molecule has 0 saturated carbocycles. The topological polar surface area (TPSA) is 54.2 Å². The lowest BCUT2D eigenvalue weighted by Crippen LogP contribution is -2.31. The molecule has 0 bridgehead atoms. The fraction of sp³-hybridized carbons (Fsp3) is 0.308. The van der Waals surface area contributed by atoms with Crippen molar-refractivity contribution in [1.82, 2.24) is 4.98 Å². The Hall–Kier alpha value is -1.59. The lowest BCUT2D eigenvalue weighted by Gasteiger charge is -2.26. The van der Waals surface area contributed by atoms with Crippen LogP contribution in [0.15, 0.2) is 35.7 Å². The molecule has 3 N–H and O–H groups in total. The summed E-state index contributed by atoms with van der Waals surface area (Å²) in [7, 11) is 2.06. The quantitative estimate of drug-likeness (QED) is 0.642. The molecule has 0 amide bonds. The molecule has 0 spiro atoms. The predicted molar refractivity (Wildman–Crippen MR) is 77.9 cm³/mol. The molecule has 0 aliphatic heterocycles. The van der Waals surface area contributed by atoms with Crippen LogP contribution in [0.5, 0.6) is 0 Å². The van der Waals surface area contributed by atoms with Crippen LogP contribution in [0.4, 0.5) is 11.6 Å². The highest BCUT2D eigenvalue weighted by Crippen LogP contribution is 2.18. The molecule has 2 heterocycles. The largest absolute Gasteiger partial charge is 0.357 e. The fourth-order valence-corrected chi connectivity index (χ4v) is 2.61. The smallest absolute Gasteiger partial charge is 0.142 e. The maximum atomic E-state index is 5.38. The molecule has 4 nitrogen and oxygen atoms in total.